The number of benzene rings is 1. The van der Waals surface area contributed by atoms with Crippen LogP contribution >= 0.6 is 11.6 Å². The lowest BCUT2D eigenvalue weighted by Gasteiger charge is -2.07. The Morgan fingerprint density at radius 1 is 1.22 bits per heavy atom. The molecule has 0 spiro atoms. The van der Waals surface area contributed by atoms with E-state index in [4.69, 9.17) is 11.6 Å². The molecule has 0 atom stereocenters. The number of nitrogens with zero attached hydrogens (tertiary/aromatic N) is 2. The first kappa shape index (κ1) is 17.0. The summed E-state index contributed by atoms with van der Waals surface area (Å²) < 4.78 is 1.85. The Bertz CT molecular complexity index is 697. The van der Waals surface area contributed by atoms with Gasteiger partial charge in [-0.25, -0.2) is 0 Å². The zero-order chi connectivity index (χ0) is 16.8. The molecule has 0 saturated carbocycles. The second-order valence-electron chi connectivity index (χ2n) is 5.32. The lowest BCUT2D eigenvalue weighted by Crippen LogP contribution is -2.36. The van der Waals surface area contributed by atoms with Crippen LogP contribution in [0.25, 0.3) is 0 Å². The van der Waals surface area contributed by atoms with Crippen molar-refractivity contribution in [2.75, 3.05) is 11.9 Å². The Labute approximate surface area is 139 Å². The molecule has 0 radical (unpaired) electrons. The summed E-state index contributed by atoms with van der Waals surface area (Å²) in [5.74, 6) is -1.45. The number of para-hydroxylation sites is 1. The van der Waals surface area contributed by atoms with Crippen molar-refractivity contribution in [3.8, 4) is 0 Å². The van der Waals surface area contributed by atoms with Gasteiger partial charge < -0.3 is 10.6 Å². The molecular weight excluding hydrogens is 316 g/mol. The van der Waals surface area contributed by atoms with E-state index < -0.39 is 11.8 Å². The van der Waals surface area contributed by atoms with E-state index in [0.717, 1.165) is 5.69 Å². The van der Waals surface area contributed by atoms with Crippen molar-refractivity contribution in [3.05, 3.63) is 47.2 Å². The molecule has 7 heteroatoms. The molecule has 0 aliphatic rings. The van der Waals surface area contributed by atoms with Crippen LogP contribution in [0.1, 0.15) is 25.6 Å². The van der Waals surface area contributed by atoms with Gasteiger partial charge in [-0.05, 0) is 32.0 Å². The standard InChI is InChI=1S/C16H19ClN4O2/c1-11(2)21-10-8-12(20-21)7-9-18-15(22)16(23)19-14-6-4-3-5-13(14)17/h3-6,8,10-11H,7,9H2,1-2H3,(H,18,22)(H,19,23). The second kappa shape index (κ2) is 7.78. The first-order valence-electron chi connectivity index (χ1n) is 7.35. The maximum absolute atomic E-state index is 11.8. The molecule has 6 nitrogen and oxygen atoms in total. The normalized spacial score (nSPS) is 10.6. The van der Waals surface area contributed by atoms with Crippen molar-refractivity contribution in [1.29, 1.82) is 0 Å². The van der Waals surface area contributed by atoms with E-state index in [1.165, 1.54) is 0 Å². The average Bonchev–Trinajstić information content (AvgIpc) is 2.98. The highest BCUT2D eigenvalue weighted by molar-refractivity contribution is 6.41. The fraction of sp³-hybridized carbons (Fsp3) is 0.312. The molecule has 0 unspecified atom stereocenters. The number of anilines is 1. The average molecular weight is 335 g/mol. The third-order valence-electron chi connectivity index (χ3n) is 3.19. The maximum Gasteiger partial charge on any atom is 0.313 e. The fourth-order valence-corrected chi connectivity index (χ4v) is 2.11. The van der Waals surface area contributed by atoms with E-state index in [1.807, 2.05) is 30.8 Å². The summed E-state index contributed by atoms with van der Waals surface area (Å²) in [5.41, 5.74) is 1.27. The number of carbonyl (C=O) groups is 2. The molecule has 2 aromatic rings. The van der Waals surface area contributed by atoms with E-state index in [2.05, 4.69) is 15.7 Å². The van der Waals surface area contributed by atoms with Crippen LogP contribution < -0.4 is 10.6 Å². The van der Waals surface area contributed by atoms with E-state index in [-0.39, 0.29) is 0 Å². The van der Waals surface area contributed by atoms with E-state index in [9.17, 15) is 9.59 Å². The predicted octanol–water partition coefficient (Wildman–Crippen LogP) is 2.41. The zero-order valence-electron chi connectivity index (χ0n) is 13.0. The zero-order valence-corrected chi connectivity index (χ0v) is 13.8. The molecule has 2 N–H and O–H groups in total. The smallest absolute Gasteiger partial charge is 0.313 e. The Kier molecular flexibility index (Phi) is 5.76. The predicted molar refractivity (Wildman–Crippen MR) is 89.4 cm³/mol. The number of nitrogens with one attached hydrogen (secondary N) is 2. The molecule has 122 valence electrons. The molecular formula is C16H19ClN4O2. The van der Waals surface area contributed by atoms with Gasteiger partial charge in [-0.2, -0.15) is 5.10 Å². The van der Waals surface area contributed by atoms with E-state index in [0.29, 0.717) is 29.7 Å². The van der Waals surface area contributed by atoms with Crippen LogP contribution in [0.3, 0.4) is 0 Å². The van der Waals surface area contributed by atoms with Gasteiger partial charge in [0, 0.05) is 25.2 Å². The number of carbonyl (C=O) groups excluding carboxylic acids is 2. The Hall–Kier alpha value is -2.34. The third-order valence-corrected chi connectivity index (χ3v) is 3.52. The number of hydrogen-bond acceptors (Lipinski definition) is 3. The fourth-order valence-electron chi connectivity index (χ4n) is 1.92. The van der Waals surface area contributed by atoms with Gasteiger partial charge in [0.1, 0.15) is 0 Å². The molecule has 1 aromatic carbocycles. The summed E-state index contributed by atoms with van der Waals surface area (Å²) in [6.07, 6.45) is 2.46. The monoisotopic (exact) mass is 334 g/mol. The molecule has 23 heavy (non-hydrogen) atoms. The molecule has 1 heterocycles. The number of aromatic nitrogens is 2. The summed E-state index contributed by atoms with van der Waals surface area (Å²) in [5, 5.41) is 9.80. The summed E-state index contributed by atoms with van der Waals surface area (Å²) >= 11 is 5.93. The first-order valence-corrected chi connectivity index (χ1v) is 7.73. The summed E-state index contributed by atoms with van der Waals surface area (Å²) in [6.45, 7) is 4.42. The van der Waals surface area contributed by atoms with Crippen molar-refractivity contribution in [2.24, 2.45) is 0 Å². The van der Waals surface area contributed by atoms with Crippen LogP contribution in [-0.4, -0.2) is 28.1 Å². The third kappa shape index (κ3) is 4.82. The van der Waals surface area contributed by atoms with Crippen LogP contribution in [0, 0.1) is 0 Å². The highest BCUT2D eigenvalue weighted by Gasteiger charge is 2.14. The van der Waals surface area contributed by atoms with Crippen molar-refractivity contribution in [1.82, 2.24) is 15.1 Å². The number of halogens is 1. The topological polar surface area (TPSA) is 76.0 Å². The van der Waals surface area contributed by atoms with Crippen LogP contribution in [0.15, 0.2) is 36.5 Å². The van der Waals surface area contributed by atoms with Crippen molar-refractivity contribution in [3.63, 3.8) is 0 Å². The number of hydrogen-bond donors (Lipinski definition) is 2. The van der Waals surface area contributed by atoms with Gasteiger partial charge in [0.15, 0.2) is 0 Å². The van der Waals surface area contributed by atoms with Crippen LogP contribution in [0.5, 0.6) is 0 Å². The largest absolute Gasteiger partial charge is 0.347 e. The Morgan fingerprint density at radius 3 is 2.61 bits per heavy atom. The van der Waals surface area contributed by atoms with Crippen LogP contribution in [0.2, 0.25) is 5.02 Å². The van der Waals surface area contributed by atoms with Crippen LogP contribution in [-0.2, 0) is 16.0 Å². The Balaban J connectivity index is 1.80. The molecule has 0 aliphatic carbocycles. The lowest BCUT2D eigenvalue weighted by molar-refractivity contribution is -0.136. The highest BCUT2D eigenvalue weighted by atomic mass is 35.5. The van der Waals surface area contributed by atoms with Gasteiger partial charge in [-0.15, -0.1) is 0 Å². The lowest BCUT2D eigenvalue weighted by atomic mass is 10.3. The van der Waals surface area contributed by atoms with Crippen molar-refractivity contribution < 1.29 is 9.59 Å². The Morgan fingerprint density at radius 2 is 1.96 bits per heavy atom. The van der Waals surface area contributed by atoms with Gasteiger partial charge in [-0.1, -0.05) is 23.7 Å². The summed E-state index contributed by atoms with van der Waals surface area (Å²) in [6, 6.07) is 8.93. The first-order chi connectivity index (χ1) is 11.0. The molecule has 0 fully saturated rings. The van der Waals surface area contributed by atoms with Crippen LogP contribution in [0.4, 0.5) is 5.69 Å². The molecule has 0 bridgehead atoms. The number of amides is 2. The van der Waals surface area contributed by atoms with Gasteiger partial charge in [0.2, 0.25) is 0 Å². The van der Waals surface area contributed by atoms with Gasteiger partial charge >= 0.3 is 11.8 Å². The van der Waals surface area contributed by atoms with Crippen molar-refractivity contribution in [2.45, 2.75) is 26.3 Å². The second-order valence-corrected chi connectivity index (χ2v) is 5.73. The minimum absolute atomic E-state index is 0.291. The van der Waals surface area contributed by atoms with Gasteiger partial charge in [0.05, 0.1) is 16.4 Å². The summed E-state index contributed by atoms with van der Waals surface area (Å²) in [4.78, 5) is 23.6. The SMILES string of the molecule is CC(C)n1ccc(CCNC(=O)C(=O)Nc2ccccc2Cl)n1. The molecule has 2 amide bonds. The molecule has 1 aromatic heterocycles. The quantitative estimate of drug-likeness (QED) is 0.824. The maximum atomic E-state index is 11.8. The number of rotatable bonds is 5. The molecule has 0 saturated heterocycles. The van der Waals surface area contributed by atoms with Gasteiger partial charge in [-0.3, -0.25) is 14.3 Å². The minimum atomic E-state index is -0.745. The minimum Gasteiger partial charge on any atom is -0.347 e. The summed E-state index contributed by atoms with van der Waals surface area (Å²) in [7, 11) is 0. The van der Waals surface area contributed by atoms with Gasteiger partial charge in [0.25, 0.3) is 0 Å². The molecule has 0 aliphatic heterocycles. The van der Waals surface area contributed by atoms with E-state index >= 15 is 0 Å². The van der Waals surface area contributed by atoms with Crippen molar-refractivity contribution >= 4 is 29.1 Å². The molecule has 2 rings (SSSR count). The highest BCUT2D eigenvalue weighted by Crippen LogP contribution is 2.20. The van der Waals surface area contributed by atoms with E-state index in [1.54, 1.807) is 24.3 Å².